The largest absolute Gasteiger partial charge is 0.495 e. The lowest BCUT2D eigenvalue weighted by molar-refractivity contribution is -0.114. The maximum absolute atomic E-state index is 13.6. The van der Waals surface area contributed by atoms with E-state index in [9.17, 15) is 13.2 Å². The first kappa shape index (κ1) is 24.1. The van der Waals surface area contributed by atoms with Crippen molar-refractivity contribution in [2.45, 2.75) is 25.7 Å². The third kappa shape index (κ3) is 5.64. The van der Waals surface area contributed by atoms with Gasteiger partial charge in [0, 0.05) is 0 Å². The van der Waals surface area contributed by atoms with Crippen molar-refractivity contribution in [2.24, 2.45) is 0 Å². The molecule has 0 saturated heterocycles. The maximum atomic E-state index is 13.6. The quantitative estimate of drug-likeness (QED) is 0.498. The van der Waals surface area contributed by atoms with Crippen molar-refractivity contribution in [1.82, 2.24) is 0 Å². The van der Waals surface area contributed by atoms with Crippen molar-refractivity contribution < 1.29 is 22.7 Å². The van der Waals surface area contributed by atoms with E-state index >= 15 is 0 Å². The van der Waals surface area contributed by atoms with E-state index in [2.05, 4.69) is 5.32 Å². The Labute approximate surface area is 195 Å². The SMILES string of the molecule is CCOc1ccccc1NC(=O)CN(c1cc(C)ccc1OC)S(=O)(=O)c1ccc(C)cc1. The smallest absolute Gasteiger partial charge is 0.264 e. The number of hydrogen-bond acceptors (Lipinski definition) is 5. The summed E-state index contributed by atoms with van der Waals surface area (Å²) in [6.07, 6.45) is 0. The van der Waals surface area contributed by atoms with E-state index in [1.807, 2.05) is 26.8 Å². The van der Waals surface area contributed by atoms with Crippen molar-refractivity contribution in [3.05, 3.63) is 77.9 Å². The van der Waals surface area contributed by atoms with Crippen LogP contribution in [0, 0.1) is 13.8 Å². The van der Waals surface area contributed by atoms with Gasteiger partial charge in [0.05, 0.1) is 30.0 Å². The van der Waals surface area contributed by atoms with Crippen molar-refractivity contribution in [2.75, 3.05) is 29.9 Å². The average Bonchev–Trinajstić information content (AvgIpc) is 2.79. The minimum atomic E-state index is -4.07. The van der Waals surface area contributed by atoms with Crippen molar-refractivity contribution in [3.63, 3.8) is 0 Å². The first-order valence-electron chi connectivity index (χ1n) is 10.5. The van der Waals surface area contributed by atoms with Gasteiger partial charge in [-0.1, -0.05) is 35.9 Å². The van der Waals surface area contributed by atoms with E-state index in [-0.39, 0.29) is 10.6 Å². The molecule has 0 radical (unpaired) electrons. The molecule has 0 aliphatic rings. The molecule has 3 rings (SSSR count). The maximum Gasteiger partial charge on any atom is 0.264 e. The van der Waals surface area contributed by atoms with Crippen LogP contribution in [0.2, 0.25) is 0 Å². The molecule has 0 spiro atoms. The van der Waals surface area contributed by atoms with Gasteiger partial charge in [-0.05, 0) is 62.7 Å². The highest BCUT2D eigenvalue weighted by Gasteiger charge is 2.30. The van der Waals surface area contributed by atoms with Crippen LogP contribution in [0.1, 0.15) is 18.1 Å². The molecule has 1 amide bonds. The van der Waals surface area contributed by atoms with E-state index in [4.69, 9.17) is 9.47 Å². The van der Waals surface area contributed by atoms with Gasteiger partial charge in [0.25, 0.3) is 10.0 Å². The summed E-state index contributed by atoms with van der Waals surface area (Å²) in [5, 5.41) is 2.77. The molecule has 0 atom stereocenters. The van der Waals surface area contributed by atoms with Gasteiger partial charge in [-0.15, -0.1) is 0 Å². The van der Waals surface area contributed by atoms with Crippen LogP contribution >= 0.6 is 0 Å². The third-order valence-electron chi connectivity index (χ3n) is 4.96. The number of amides is 1. The molecule has 0 aliphatic heterocycles. The first-order valence-corrected chi connectivity index (χ1v) is 12.0. The fraction of sp³-hybridized carbons (Fsp3) is 0.240. The summed E-state index contributed by atoms with van der Waals surface area (Å²) < 4.78 is 39.4. The van der Waals surface area contributed by atoms with Crippen LogP contribution in [0.5, 0.6) is 11.5 Å². The molecular formula is C25H28N2O5S. The summed E-state index contributed by atoms with van der Waals surface area (Å²) in [7, 11) is -2.61. The molecule has 33 heavy (non-hydrogen) atoms. The predicted octanol–water partition coefficient (Wildman–Crippen LogP) is 4.54. The minimum Gasteiger partial charge on any atom is -0.495 e. The Hall–Kier alpha value is -3.52. The second-order valence-electron chi connectivity index (χ2n) is 7.48. The number of para-hydroxylation sites is 2. The lowest BCUT2D eigenvalue weighted by Gasteiger charge is -2.26. The Morgan fingerprint density at radius 2 is 1.61 bits per heavy atom. The monoisotopic (exact) mass is 468 g/mol. The molecule has 0 saturated carbocycles. The second-order valence-corrected chi connectivity index (χ2v) is 9.34. The Kier molecular flexibility index (Phi) is 7.60. The number of benzene rings is 3. The zero-order valence-electron chi connectivity index (χ0n) is 19.2. The number of anilines is 2. The molecule has 1 N–H and O–H groups in total. The summed E-state index contributed by atoms with van der Waals surface area (Å²) in [4.78, 5) is 13.1. The zero-order chi connectivity index (χ0) is 24.0. The molecule has 0 aromatic heterocycles. The van der Waals surface area contributed by atoms with Gasteiger partial charge in [0.1, 0.15) is 18.0 Å². The predicted molar refractivity (Wildman–Crippen MR) is 130 cm³/mol. The van der Waals surface area contributed by atoms with Crippen LogP contribution in [0.15, 0.2) is 71.6 Å². The van der Waals surface area contributed by atoms with Crippen LogP contribution < -0.4 is 19.1 Å². The van der Waals surface area contributed by atoms with Gasteiger partial charge < -0.3 is 14.8 Å². The van der Waals surface area contributed by atoms with Gasteiger partial charge >= 0.3 is 0 Å². The standard InChI is InChI=1S/C25H28N2O5S/c1-5-32-23-9-7-6-8-21(23)26-25(28)17-27(22-16-19(3)12-15-24(22)31-4)33(29,30)20-13-10-18(2)11-14-20/h6-16H,5,17H2,1-4H3,(H,26,28). The minimum absolute atomic E-state index is 0.0826. The highest BCUT2D eigenvalue weighted by Crippen LogP contribution is 2.34. The van der Waals surface area contributed by atoms with Crippen molar-refractivity contribution >= 4 is 27.3 Å². The van der Waals surface area contributed by atoms with Gasteiger partial charge in [-0.3, -0.25) is 9.10 Å². The molecule has 0 bridgehead atoms. The average molecular weight is 469 g/mol. The molecule has 7 nitrogen and oxygen atoms in total. The fourth-order valence-electron chi connectivity index (χ4n) is 3.30. The van der Waals surface area contributed by atoms with E-state index in [1.54, 1.807) is 48.5 Å². The molecule has 0 unspecified atom stereocenters. The Bertz CT molecular complexity index is 1220. The topological polar surface area (TPSA) is 84.9 Å². The van der Waals surface area contributed by atoms with Crippen LogP contribution in [-0.2, 0) is 14.8 Å². The van der Waals surface area contributed by atoms with Crippen LogP contribution in [-0.4, -0.2) is 34.6 Å². The Balaban J connectivity index is 2.02. The van der Waals surface area contributed by atoms with Gasteiger partial charge in [0.15, 0.2) is 0 Å². The second kappa shape index (κ2) is 10.4. The van der Waals surface area contributed by atoms with Gasteiger partial charge in [-0.25, -0.2) is 8.42 Å². The molecular weight excluding hydrogens is 440 g/mol. The molecule has 0 heterocycles. The summed E-state index contributed by atoms with van der Waals surface area (Å²) in [5.74, 6) is 0.342. The molecule has 0 fully saturated rings. The molecule has 8 heteroatoms. The highest BCUT2D eigenvalue weighted by atomic mass is 32.2. The lowest BCUT2D eigenvalue weighted by Crippen LogP contribution is -2.38. The van der Waals surface area contributed by atoms with E-state index in [0.717, 1.165) is 15.4 Å². The molecule has 0 aliphatic carbocycles. The molecule has 174 valence electrons. The summed E-state index contributed by atoms with van der Waals surface area (Å²) >= 11 is 0. The van der Waals surface area contributed by atoms with Crippen LogP contribution in [0.4, 0.5) is 11.4 Å². The van der Waals surface area contributed by atoms with Crippen molar-refractivity contribution in [3.8, 4) is 11.5 Å². The number of hydrogen-bond donors (Lipinski definition) is 1. The Morgan fingerprint density at radius 1 is 0.939 bits per heavy atom. The van der Waals surface area contributed by atoms with Crippen molar-refractivity contribution in [1.29, 1.82) is 0 Å². The first-order chi connectivity index (χ1) is 15.8. The number of carbonyl (C=O) groups is 1. The van der Waals surface area contributed by atoms with Gasteiger partial charge in [-0.2, -0.15) is 0 Å². The van der Waals surface area contributed by atoms with Crippen LogP contribution in [0.25, 0.3) is 0 Å². The number of nitrogens with zero attached hydrogens (tertiary/aromatic N) is 1. The number of carbonyl (C=O) groups excluding carboxylic acids is 1. The lowest BCUT2D eigenvalue weighted by atomic mass is 10.2. The third-order valence-corrected chi connectivity index (χ3v) is 6.73. The number of methoxy groups -OCH3 is 1. The Morgan fingerprint density at radius 3 is 2.27 bits per heavy atom. The molecule has 3 aromatic carbocycles. The number of nitrogens with one attached hydrogen (secondary N) is 1. The number of aryl methyl sites for hydroxylation is 2. The summed E-state index contributed by atoms with van der Waals surface area (Å²) in [5.41, 5.74) is 2.51. The number of ether oxygens (including phenoxy) is 2. The summed E-state index contributed by atoms with van der Waals surface area (Å²) in [6.45, 7) is 5.55. The van der Waals surface area contributed by atoms with E-state index in [0.29, 0.717) is 23.8 Å². The number of sulfonamides is 1. The van der Waals surface area contributed by atoms with E-state index < -0.39 is 22.5 Å². The van der Waals surface area contributed by atoms with Crippen LogP contribution in [0.3, 0.4) is 0 Å². The van der Waals surface area contributed by atoms with E-state index in [1.165, 1.54) is 19.2 Å². The zero-order valence-corrected chi connectivity index (χ0v) is 20.0. The number of rotatable bonds is 9. The molecule has 3 aromatic rings. The van der Waals surface area contributed by atoms with Gasteiger partial charge in [0.2, 0.25) is 5.91 Å². The fourth-order valence-corrected chi connectivity index (χ4v) is 4.73. The highest BCUT2D eigenvalue weighted by molar-refractivity contribution is 7.92. The normalized spacial score (nSPS) is 11.0. The summed E-state index contributed by atoms with van der Waals surface area (Å²) in [6, 6.07) is 18.7.